The Balaban J connectivity index is 1.01. The van der Waals surface area contributed by atoms with Gasteiger partial charge in [0.25, 0.3) is 0 Å². The molecular weight excluding hydrogens is 855 g/mol. The molecule has 15 rings (SSSR count). The Morgan fingerprint density at radius 1 is 0.273 bits per heavy atom. The van der Waals surface area contributed by atoms with Crippen molar-refractivity contribution >= 4 is 72.1 Å². The third kappa shape index (κ3) is 4.78. The first-order chi connectivity index (χ1) is 32.7. The topological polar surface area (TPSA) is 3.24 Å². The van der Waals surface area contributed by atoms with E-state index in [1.54, 1.807) is 0 Å². The second-order valence-corrected chi connectivity index (χ2v) is 21.1. The van der Waals surface area contributed by atoms with Gasteiger partial charge in [0.05, 0.1) is 10.8 Å². The fraction of sp³-hybridized carbons (Fsp3) is 0.0323. The third-order valence-corrected chi connectivity index (χ3v) is 18.2. The molecular formula is C62H37NS3. The summed E-state index contributed by atoms with van der Waals surface area (Å²) in [5.74, 6) is 0. The summed E-state index contributed by atoms with van der Waals surface area (Å²) in [6.07, 6.45) is 0. The first-order valence-corrected chi connectivity index (χ1v) is 25.1. The summed E-state index contributed by atoms with van der Waals surface area (Å²) in [5, 5.41) is 2.61. The minimum atomic E-state index is -0.482. The molecule has 0 unspecified atom stereocenters. The van der Waals surface area contributed by atoms with Gasteiger partial charge in [0.15, 0.2) is 0 Å². The highest BCUT2D eigenvalue weighted by atomic mass is 32.2. The zero-order valence-corrected chi connectivity index (χ0v) is 38.0. The van der Waals surface area contributed by atoms with Crippen molar-refractivity contribution in [3.63, 3.8) is 0 Å². The lowest BCUT2D eigenvalue weighted by atomic mass is 9.67. The Kier molecular flexibility index (Phi) is 7.73. The van der Waals surface area contributed by atoms with Crippen molar-refractivity contribution in [1.82, 2.24) is 0 Å². The highest BCUT2D eigenvalue weighted by Gasteiger charge is 2.52. The molecule has 4 aliphatic rings. The monoisotopic (exact) mass is 891 g/mol. The molecule has 2 spiro atoms. The molecule has 0 radical (unpaired) electrons. The van der Waals surface area contributed by atoms with Crippen LogP contribution in [-0.4, -0.2) is 0 Å². The number of fused-ring (bicyclic) bond motifs is 21. The first-order valence-electron chi connectivity index (χ1n) is 22.7. The summed E-state index contributed by atoms with van der Waals surface area (Å²) in [5.41, 5.74) is 18.4. The van der Waals surface area contributed by atoms with Crippen LogP contribution in [0.2, 0.25) is 0 Å². The Hall–Kier alpha value is -7.08. The molecule has 0 saturated heterocycles. The number of rotatable bonds is 3. The van der Waals surface area contributed by atoms with Crippen LogP contribution in [0.4, 0.5) is 17.1 Å². The van der Waals surface area contributed by atoms with Gasteiger partial charge in [0.1, 0.15) is 0 Å². The minimum absolute atomic E-state index is 0.435. The van der Waals surface area contributed by atoms with Crippen LogP contribution < -0.4 is 4.90 Å². The number of benzene rings is 10. The molecule has 4 heteroatoms. The third-order valence-electron chi connectivity index (χ3n) is 14.8. The molecule has 0 saturated carbocycles. The molecule has 1 nitrogen and oxygen atoms in total. The molecule has 2 aliphatic heterocycles. The SMILES string of the molecule is c1ccc2c(c1)Sc1ccccc1C21c2ccccc2-c2cc(N(c3ccc4c(c3)C3(c5ccccc5Sc5ccccc53)c3ccccc3-4)c3ccc4c(c3)sc3ccccc34)ccc21. The fourth-order valence-corrected chi connectivity index (χ4v) is 15.8. The maximum atomic E-state index is 2.53. The lowest BCUT2D eigenvalue weighted by Crippen LogP contribution is -2.32. The quantitative estimate of drug-likeness (QED) is 0.174. The van der Waals surface area contributed by atoms with Crippen molar-refractivity contribution in [3.05, 3.63) is 269 Å². The van der Waals surface area contributed by atoms with Crippen LogP contribution in [0.25, 0.3) is 42.4 Å². The first kappa shape index (κ1) is 37.2. The highest BCUT2D eigenvalue weighted by molar-refractivity contribution is 7.99. The van der Waals surface area contributed by atoms with Gasteiger partial charge in [-0.3, -0.25) is 0 Å². The van der Waals surface area contributed by atoms with Crippen molar-refractivity contribution < 1.29 is 0 Å². The van der Waals surface area contributed by atoms with Gasteiger partial charge in [-0.15, -0.1) is 11.3 Å². The smallest absolute Gasteiger partial charge is 0.0736 e. The summed E-state index contributed by atoms with van der Waals surface area (Å²) in [6.45, 7) is 0. The van der Waals surface area contributed by atoms with Gasteiger partial charge in [-0.1, -0.05) is 181 Å². The van der Waals surface area contributed by atoms with Crippen LogP contribution in [-0.2, 0) is 10.8 Å². The van der Waals surface area contributed by atoms with Crippen molar-refractivity contribution in [2.75, 3.05) is 4.90 Å². The maximum Gasteiger partial charge on any atom is 0.0736 e. The Labute approximate surface area is 396 Å². The van der Waals surface area contributed by atoms with Crippen LogP contribution >= 0.6 is 34.9 Å². The predicted molar refractivity (Wildman–Crippen MR) is 277 cm³/mol. The van der Waals surface area contributed by atoms with Gasteiger partial charge >= 0.3 is 0 Å². The van der Waals surface area contributed by atoms with E-state index >= 15 is 0 Å². The average molecular weight is 892 g/mol. The average Bonchev–Trinajstić information content (AvgIpc) is 3.99. The summed E-state index contributed by atoms with van der Waals surface area (Å²) in [4.78, 5) is 7.79. The predicted octanol–water partition coefficient (Wildman–Crippen LogP) is 17.2. The zero-order valence-electron chi connectivity index (χ0n) is 35.5. The van der Waals surface area contributed by atoms with Gasteiger partial charge in [-0.25, -0.2) is 0 Å². The van der Waals surface area contributed by atoms with Gasteiger partial charge in [-0.2, -0.15) is 0 Å². The molecule has 10 aromatic carbocycles. The fourth-order valence-electron chi connectivity index (χ4n) is 12.3. The van der Waals surface area contributed by atoms with Gasteiger partial charge in [0.2, 0.25) is 0 Å². The molecule has 11 aromatic rings. The van der Waals surface area contributed by atoms with E-state index in [9.17, 15) is 0 Å². The van der Waals surface area contributed by atoms with Gasteiger partial charge in [-0.05, 0) is 133 Å². The summed E-state index contributed by atoms with van der Waals surface area (Å²) in [6, 6.07) is 85.2. The van der Waals surface area contributed by atoms with Crippen LogP contribution in [0, 0.1) is 0 Å². The van der Waals surface area contributed by atoms with Gasteiger partial charge < -0.3 is 4.90 Å². The summed E-state index contributed by atoms with van der Waals surface area (Å²) < 4.78 is 2.60. The van der Waals surface area contributed by atoms with E-state index in [-0.39, 0.29) is 0 Å². The van der Waals surface area contributed by atoms with Crippen molar-refractivity contribution in [1.29, 1.82) is 0 Å². The lowest BCUT2D eigenvalue weighted by molar-refractivity contribution is 0.722. The number of hydrogen-bond donors (Lipinski definition) is 0. The molecule has 1 aromatic heterocycles. The molecule has 0 amide bonds. The van der Waals surface area contributed by atoms with E-state index in [2.05, 4.69) is 229 Å². The zero-order chi connectivity index (χ0) is 43.1. The molecule has 2 aliphatic carbocycles. The second kappa shape index (κ2) is 13.7. The molecule has 66 heavy (non-hydrogen) atoms. The maximum absolute atomic E-state index is 2.53. The van der Waals surface area contributed by atoms with Crippen LogP contribution in [0.1, 0.15) is 44.5 Å². The number of hydrogen-bond acceptors (Lipinski definition) is 4. The molecule has 308 valence electrons. The Morgan fingerprint density at radius 3 is 1.30 bits per heavy atom. The van der Waals surface area contributed by atoms with Crippen LogP contribution in [0.3, 0.4) is 0 Å². The standard InChI is InChI=1S/C62H37NS3/c1-4-18-47-41(15-1)43-32-29-39(36-54(43)62(47)52-22-8-13-27-58(52)66-59-28-14-9-23-53(59)62)63(40-30-33-45-44-17-3-10-24-55(44)64-60(45)37-40)38-31-34-49-46(35-38)42-16-2-5-19-48(42)61(49)50-20-6-11-25-56(50)65-57-26-12-7-21-51(57)61/h1-37H. The number of nitrogens with zero attached hydrogens (tertiary/aromatic N) is 1. The van der Waals surface area contributed by atoms with Crippen molar-refractivity contribution in [2.45, 2.75) is 30.4 Å². The Morgan fingerprint density at radius 2 is 0.682 bits per heavy atom. The van der Waals surface area contributed by atoms with Crippen LogP contribution in [0.15, 0.2) is 244 Å². The molecule has 0 fully saturated rings. The normalized spacial score (nSPS) is 14.8. The molecule has 0 bridgehead atoms. The molecule has 0 atom stereocenters. The minimum Gasteiger partial charge on any atom is -0.310 e. The number of anilines is 3. The largest absolute Gasteiger partial charge is 0.310 e. The highest BCUT2D eigenvalue weighted by Crippen LogP contribution is 2.65. The van der Waals surface area contributed by atoms with Crippen LogP contribution in [0.5, 0.6) is 0 Å². The van der Waals surface area contributed by atoms with Crippen molar-refractivity contribution in [3.8, 4) is 22.3 Å². The van der Waals surface area contributed by atoms with E-state index in [0.717, 1.165) is 17.1 Å². The molecule has 3 heterocycles. The molecule has 0 N–H and O–H groups in total. The lowest BCUT2D eigenvalue weighted by Gasteiger charge is -2.40. The second-order valence-electron chi connectivity index (χ2n) is 17.9. The van der Waals surface area contributed by atoms with Crippen molar-refractivity contribution in [2.24, 2.45) is 0 Å². The summed E-state index contributed by atoms with van der Waals surface area (Å²) >= 11 is 5.67. The number of thiophene rings is 1. The van der Waals surface area contributed by atoms with E-state index in [1.807, 2.05) is 34.9 Å². The van der Waals surface area contributed by atoms with E-state index < -0.39 is 10.8 Å². The summed E-state index contributed by atoms with van der Waals surface area (Å²) in [7, 11) is 0. The van der Waals surface area contributed by atoms with E-state index in [4.69, 9.17) is 0 Å². The van der Waals surface area contributed by atoms with E-state index in [1.165, 1.54) is 107 Å². The Bertz CT molecular complexity index is 3790. The van der Waals surface area contributed by atoms with Gasteiger partial charge in [0, 0.05) is 56.8 Å². The van der Waals surface area contributed by atoms with E-state index in [0.29, 0.717) is 0 Å².